The van der Waals surface area contributed by atoms with E-state index in [0.29, 0.717) is 19.1 Å². The van der Waals surface area contributed by atoms with E-state index in [1.807, 2.05) is 12.1 Å². The van der Waals surface area contributed by atoms with Crippen molar-refractivity contribution >= 4 is 5.91 Å². The Bertz CT molecular complexity index is 720. The molecule has 1 heterocycles. The molecule has 31 heavy (non-hydrogen) atoms. The summed E-state index contributed by atoms with van der Waals surface area (Å²) in [7, 11) is 0. The summed E-state index contributed by atoms with van der Waals surface area (Å²) in [6, 6.07) is 8.78. The van der Waals surface area contributed by atoms with Gasteiger partial charge < -0.3 is 10.6 Å². The summed E-state index contributed by atoms with van der Waals surface area (Å²) in [6.45, 7) is 10.1. The summed E-state index contributed by atoms with van der Waals surface area (Å²) in [5.41, 5.74) is 7.42. The zero-order chi connectivity index (χ0) is 22.8. The van der Waals surface area contributed by atoms with Gasteiger partial charge in [0, 0.05) is 44.8 Å². The summed E-state index contributed by atoms with van der Waals surface area (Å²) < 4.78 is 13.2. The number of hydrogen-bond donors (Lipinski definition) is 1. The normalized spacial score (nSPS) is 20.9. The fourth-order valence-electron chi connectivity index (χ4n) is 4.30. The third-order valence-corrected chi connectivity index (χ3v) is 6.21. The number of rotatable bonds is 11. The lowest BCUT2D eigenvalue weighted by Gasteiger charge is -2.46. The number of hydrogen-bond acceptors (Lipinski definition) is 5. The molecule has 3 atom stereocenters. The van der Waals surface area contributed by atoms with E-state index in [1.165, 1.54) is 12.1 Å². The Morgan fingerprint density at radius 1 is 1.26 bits per heavy atom. The van der Waals surface area contributed by atoms with Crippen LogP contribution in [0, 0.1) is 17.1 Å². The van der Waals surface area contributed by atoms with Crippen LogP contribution in [0.25, 0.3) is 0 Å². The molecular weight excluding hydrogens is 393 g/mol. The molecule has 172 valence electrons. The molecule has 0 radical (unpaired) electrons. The van der Waals surface area contributed by atoms with Gasteiger partial charge in [0.1, 0.15) is 12.4 Å². The Hall–Kier alpha value is -2.01. The second-order valence-electron chi connectivity index (χ2n) is 8.65. The summed E-state index contributed by atoms with van der Waals surface area (Å²) in [6.07, 6.45) is 3.99. The third kappa shape index (κ3) is 7.57. The number of piperazine rings is 1. The van der Waals surface area contributed by atoms with Crippen molar-refractivity contribution in [3.63, 3.8) is 0 Å². The first-order valence-electron chi connectivity index (χ1n) is 11.5. The van der Waals surface area contributed by atoms with Gasteiger partial charge in [-0.1, -0.05) is 38.8 Å². The second kappa shape index (κ2) is 12.7. The van der Waals surface area contributed by atoms with Gasteiger partial charge in [0.05, 0.1) is 12.1 Å². The van der Waals surface area contributed by atoms with Gasteiger partial charge in [-0.2, -0.15) is 5.26 Å². The Balaban J connectivity index is 1.96. The standard InChI is InChI=1S/C24H38FN5O/c1-4-6-7-13-28(14-12-26)24(31)23(27)18-29-17-22(5-2)30(15-19(29)3)16-20-8-10-21(25)11-9-20/h8-11,19,22-23H,4-7,13-18,27H2,1-3H3. The monoisotopic (exact) mass is 431 g/mol. The molecule has 7 heteroatoms. The lowest BCUT2D eigenvalue weighted by Crippen LogP contribution is -2.60. The number of carbonyl (C=O) groups is 1. The minimum atomic E-state index is -0.626. The van der Waals surface area contributed by atoms with Crippen molar-refractivity contribution in [3.8, 4) is 6.07 Å². The van der Waals surface area contributed by atoms with Crippen LogP contribution in [0.1, 0.15) is 52.0 Å². The third-order valence-electron chi connectivity index (χ3n) is 6.21. The lowest BCUT2D eigenvalue weighted by molar-refractivity contribution is -0.133. The highest BCUT2D eigenvalue weighted by Crippen LogP contribution is 2.21. The van der Waals surface area contributed by atoms with Crippen LogP contribution in [0.15, 0.2) is 24.3 Å². The quantitative estimate of drug-likeness (QED) is 0.431. The molecule has 1 aromatic carbocycles. The summed E-state index contributed by atoms with van der Waals surface area (Å²) in [5, 5.41) is 9.10. The fourth-order valence-corrected chi connectivity index (χ4v) is 4.30. The van der Waals surface area contributed by atoms with Gasteiger partial charge >= 0.3 is 0 Å². The van der Waals surface area contributed by atoms with Crippen molar-refractivity contribution in [1.82, 2.24) is 14.7 Å². The van der Waals surface area contributed by atoms with E-state index in [1.54, 1.807) is 4.90 Å². The SMILES string of the molecule is CCCCCN(CC#N)C(=O)C(N)CN1CC(CC)N(Cc2ccc(F)cc2)CC1C. The second-order valence-corrected chi connectivity index (χ2v) is 8.65. The first-order valence-corrected chi connectivity index (χ1v) is 11.5. The van der Waals surface area contributed by atoms with E-state index >= 15 is 0 Å². The van der Waals surface area contributed by atoms with Gasteiger partial charge in [-0.05, 0) is 37.5 Å². The topological polar surface area (TPSA) is 76.6 Å². The molecule has 1 saturated heterocycles. The minimum absolute atomic E-state index is 0.0921. The van der Waals surface area contributed by atoms with E-state index in [9.17, 15) is 9.18 Å². The molecule has 1 amide bonds. The minimum Gasteiger partial charge on any atom is -0.328 e. The van der Waals surface area contributed by atoms with Crippen LogP contribution in [-0.2, 0) is 11.3 Å². The van der Waals surface area contributed by atoms with Crippen molar-refractivity contribution in [2.45, 2.75) is 71.1 Å². The maximum atomic E-state index is 13.2. The first kappa shape index (κ1) is 25.3. The molecule has 2 rings (SSSR count). The number of nitrogens with zero attached hydrogens (tertiary/aromatic N) is 4. The number of nitriles is 1. The van der Waals surface area contributed by atoms with Gasteiger partial charge in [-0.25, -0.2) is 4.39 Å². The molecule has 3 unspecified atom stereocenters. The van der Waals surface area contributed by atoms with E-state index in [-0.39, 0.29) is 24.3 Å². The Morgan fingerprint density at radius 3 is 2.58 bits per heavy atom. The van der Waals surface area contributed by atoms with Crippen molar-refractivity contribution in [2.75, 3.05) is 32.7 Å². The highest BCUT2D eigenvalue weighted by molar-refractivity contribution is 5.82. The molecule has 0 saturated carbocycles. The van der Waals surface area contributed by atoms with Crippen LogP contribution >= 0.6 is 0 Å². The van der Waals surface area contributed by atoms with Crippen molar-refractivity contribution in [2.24, 2.45) is 5.73 Å². The van der Waals surface area contributed by atoms with E-state index in [2.05, 4.69) is 36.6 Å². The van der Waals surface area contributed by atoms with Crippen molar-refractivity contribution in [3.05, 3.63) is 35.6 Å². The Kier molecular flexibility index (Phi) is 10.4. The van der Waals surface area contributed by atoms with Crippen LogP contribution in [0.2, 0.25) is 0 Å². The van der Waals surface area contributed by atoms with Gasteiger partial charge in [0.2, 0.25) is 5.91 Å². The number of benzene rings is 1. The molecule has 2 N–H and O–H groups in total. The molecule has 1 aliphatic rings. The lowest BCUT2D eigenvalue weighted by atomic mass is 10.0. The Morgan fingerprint density at radius 2 is 1.97 bits per heavy atom. The molecular formula is C24H38FN5O. The van der Waals surface area contributed by atoms with Crippen molar-refractivity contribution < 1.29 is 9.18 Å². The molecule has 0 bridgehead atoms. The largest absolute Gasteiger partial charge is 0.328 e. The van der Waals surface area contributed by atoms with Gasteiger partial charge in [-0.3, -0.25) is 14.6 Å². The maximum absolute atomic E-state index is 13.2. The van der Waals surface area contributed by atoms with Crippen molar-refractivity contribution in [1.29, 1.82) is 5.26 Å². The zero-order valence-corrected chi connectivity index (χ0v) is 19.3. The molecule has 6 nitrogen and oxygen atoms in total. The van der Waals surface area contributed by atoms with Gasteiger partial charge in [-0.15, -0.1) is 0 Å². The first-order chi connectivity index (χ1) is 14.9. The van der Waals surface area contributed by atoms with Crippen LogP contribution in [0.3, 0.4) is 0 Å². The van der Waals surface area contributed by atoms with Crippen LogP contribution < -0.4 is 5.73 Å². The highest BCUT2D eigenvalue weighted by atomic mass is 19.1. The zero-order valence-electron chi connectivity index (χ0n) is 19.3. The summed E-state index contributed by atoms with van der Waals surface area (Å²) in [4.78, 5) is 19.2. The molecule has 1 aromatic rings. The molecule has 0 aromatic heterocycles. The average molecular weight is 432 g/mol. The fraction of sp³-hybridized carbons (Fsp3) is 0.667. The maximum Gasteiger partial charge on any atom is 0.241 e. The van der Waals surface area contributed by atoms with Crippen LogP contribution in [-0.4, -0.2) is 71.5 Å². The predicted molar refractivity (Wildman–Crippen MR) is 122 cm³/mol. The summed E-state index contributed by atoms with van der Waals surface area (Å²) in [5.74, 6) is -0.348. The number of halogens is 1. The van der Waals surface area contributed by atoms with Crippen LogP contribution in [0.5, 0.6) is 0 Å². The number of carbonyl (C=O) groups excluding carboxylic acids is 1. The smallest absolute Gasteiger partial charge is 0.241 e. The van der Waals surface area contributed by atoms with E-state index in [4.69, 9.17) is 11.0 Å². The highest BCUT2D eigenvalue weighted by Gasteiger charge is 2.33. The van der Waals surface area contributed by atoms with E-state index in [0.717, 1.165) is 50.9 Å². The molecule has 1 fully saturated rings. The van der Waals surface area contributed by atoms with Gasteiger partial charge in [0.25, 0.3) is 0 Å². The number of unbranched alkanes of at least 4 members (excludes halogenated alkanes) is 2. The predicted octanol–water partition coefficient (Wildman–Crippen LogP) is 2.98. The summed E-state index contributed by atoms with van der Waals surface area (Å²) >= 11 is 0. The Labute approximate surface area is 186 Å². The molecule has 1 aliphatic heterocycles. The molecule has 0 aliphatic carbocycles. The number of nitrogens with two attached hydrogens (primary N) is 1. The molecule has 0 spiro atoms. The van der Waals surface area contributed by atoms with E-state index < -0.39 is 6.04 Å². The van der Waals surface area contributed by atoms with Gasteiger partial charge in [0.15, 0.2) is 0 Å². The number of amides is 1. The average Bonchev–Trinajstić information content (AvgIpc) is 2.76. The van der Waals surface area contributed by atoms with Crippen LogP contribution in [0.4, 0.5) is 4.39 Å².